The van der Waals surface area contributed by atoms with Gasteiger partial charge in [0.15, 0.2) is 0 Å². The number of hydrogen-bond donors (Lipinski definition) is 1. The first kappa shape index (κ1) is 7.46. The molecule has 2 aromatic rings. The van der Waals surface area contributed by atoms with Crippen molar-refractivity contribution in [2.45, 2.75) is 0 Å². The molecule has 1 aromatic carbocycles. The van der Waals surface area contributed by atoms with E-state index in [1.807, 2.05) is 0 Å². The third-order valence-electron chi connectivity index (χ3n) is 1.50. The number of aromatic nitrogens is 2. The van der Waals surface area contributed by atoms with Crippen LogP contribution in [0.25, 0.3) is 11.0 Å². The van der Waals surface area contributed by atoms with Crippen LogP contribution in [-0.4, -0.2) is 34.0 Å². The first-order valence-corrected chi connectivity index (χ1v) is 4.76. The molecule has 5 heteroatoms. The Bertz CT molecular complexity index is 438. The normalized spacial score (nSPS) is 10.3. The van der Waals surface area contributed by atoms with E-state index in [0.717, 1.165) is 5.52 Å². The summed E-state index contributed by atoms with van der Waals surface area (Å²) in [4.78, 5) is 10.5. The Kier molecular flexibility index (Phi) is 1.67. The summed E-state index contributed by atoms with van der Waals surface area (Å²) in [5.74, 6) is -0.924. The van der Waals surface area contributed by atoms with Gasteiger partial charge >= 0.3 is 73.6 Å². The molecule has 0 atom stereocenters. The average molecular weight is 227 g/mol. The summed E-state index contributed by atoms with van der Waals surface area (Å²) in [5.41, 5.74) is 1.78. The molecular formula is C7H4N2O2Se. The Morgan fingerprint density at radius 3 is 2.83 bits per heavy atom. The van der Waals surface area contributed by atoms with Gasteiger partial charge in [-0.05, 0) is 0 Å². The Labute approximate surface area is 74.1 Å². The molecule has 2 rings (SSSR count). The average Bonchev–Trinajstić information content (AvgIpc) is 2.49. The number of fused-ring (bicyclic) bond motifs is 1. The van der Waals surface area contributed by atoms with Gasteiger partial charge in [-0.3, -0.25) is 0 Å². The van der Waals surface area contributed by atoms with E-state index < -0.39 is 5.97 Å². The zero-order valence-electron chi connectivity index (χ0n) is 5.89. The predicted octanol–water partition coefficient (Wildman–Crippen LogP) is 0.385. The molecule has 4 nitrogen and oxygen atoms in total. The number of hydrogen-bond acceptors (Lipinski definition) is 3. The van der Waals surface area contributed by atoms with Crippen LogP contribution < -0.4 is 0 Å². The molecule has 1 aromatic heterocycles. The van der Waals surface area contributed by atoms with Crippen molar-refractivity contribution in [1.82, 2.24) is 7.96 Å². The molecule has 0 unspecified atom stereocenters. The van der Waals surface area contributed by atoms with Crippen LogP contribution in [0.1, 0.15) is 10.4 Å². The van der Waals surface area contributed by atoms with Gasteiger partial charge in [-0.1, -0.05) is 0 Å². The van der Waals surface area contributed by atoms with Crippen LogP contribution in [0.4, 0.5) is 0 Å². The number of carboxylic acids is 1. The van der Waals surface area contributed by atoms with E-state index in [9.17, 15) is 4.79 Å². The van der Waals surface area contributed by atoms with Gasteiger partial charge in [0, 0.05) is 0 Å². The van der Waals surface area contributed by atoms with Gasteiger partial charge in [0.05, 0.1) is 0 Å². The quantitative estimate of drug-likeness (QED) is 0.715. The summed E-state index contributed by atoms with van der Waals surface area (Å²) in [6, 6.07) is 4.79. The van der Waals surface area contributed by atoms with Gasteiger partial charge in [0.25, 0.3) is 0 Å². The van der Waals surface area contributed by atoms with Crippen LogP contribution in [-0.2, 0) is 0 Å². The molecule has 0 aliphatic heterocycles. The summed E-state index contributed by atoms with van der Waals surface area (Å²) >= 11 is -0.0839. The second-order valence-corrected chi connectivity index (χ2v) is 3.38. The molecule has 0 amide bonds. The minimum absolute atomic E-state index is 0.0839. The molecule has 0 saturated carbocycles. The topological polar surface area (TPSA) is 63.1 Å². The Morgan fingerprint density at radius 1 is 1.33 bits per heavy atom. The number of carboxylic acid groups (broad SMARTS) is 1. The molecule has 0 aliphatic carbocycles. The van der Waals surface area contributed by atoms with Crippen LogP contribution in [0.15, 0.2) is 18.2 Å². The summed E-state index contributed by atoms with van der Waals surface area (Å²) in [7, 11) is 0. The first-order chi connectivity index (χ1) is 5.77. The maximum absolute atomic E-state index is 10.5. The maximum atomic E-state index is 10.5. The molecule has 0 aliphatic rings. The van der Waals surface area contributed by atoms with Gasteiger partial charge < -0.3 is 0 Å². The second kappa shape index (κ2) is 2.69. The van der Waals surface area contributed by atoms with Crippen molar-refractivity contribution >= 4 is 32.0 Å². The van der Waals surface area contributed by atoms with E-state index >= 15 is 0 Å². The van der Waals surface area contributed by atoms with Crippen LogP contribution in [0.2, 0.25) is 0 Å². The Balaban J connectivity index is 2.68. The van der Waals surface area contributed by atoms with E-state index in [2.05, 4.69) is 7.96 Å². The van der Waals surface area contributed by atoms with E-state index in [-0.39, 0.29) is 20.5 Å². The van der Waals surface area contributed by atoms with Crippen molar-refractivity contribution in [1.29, 1.82) is 0 Å². The van der Waals surface area contributed by atoms with E-state index in [4.69, 9.17) is 5.11 Å². The molecule has 0 spiro atoms. The molecular weight excluding hydrogens is 223 g/mol. The number of nitrogens with zero attached hydrogens (tertiary/aromatic N) is 2. The molecule has 60 valence electrons. The third-order valence-corrected chi connectivity index (χ3v) is 2.67. The second-order valence-electron chi connectivity index (χ2n) is 2.27. The number of benzene rings is 1. The molecule has 1 N–H and O–H groups in total. The molecule has 1 heterocycles. The Morgan fingerprint density at radius 2 is 2.08 bits per heavy atom. The number of aromatic carboxylic acids is 1. The van der Waals surface area contributed by atoms with Crippen LogP contribution in [0.5, 0.6) is 0 Å². The standard InChI is InChI=1S/C7H4N2O2Se/c10-7(11)4-1-2-5-6(3-4)9-12-8-5/h1-3H,(H,10,11). The van der Waals surface area contributed by atoms with E-state index in [1.54, 1.807) is 18.2 Å². The Hall–Kier alpha value is -1.19. The van der Waals surface area contributed by atoms with Crippen molar-refractivity contribution in [2.24, 2.45) is 0 Å². The summed E-state index contributed by atoms with van der Waals surface area (Å²) in [5, 5.41) is 8.65. The van der Waals surface area contributed by atoms with Gasteiger partial charge in [0.1, 0.15) is 0 Å². The van der Waals surface area contributed by atoms with Crippen molar-refractivity contribution in [3.8, 4) is 0 Å². The van der Waals surface area contributed by atoms with Crippen LogP contribution in [0, 0.1) is 0 Å². The van der Waals surface area contributed by atoms with Crippen molar-refractivity contribution < 1.29 is 9.90 Å². The zero-order chi connectivity index (χ0) is 8.55. The minimum atomic E-state index is -0.924. The van der Waals surface area contributed by atoms with Crippen molar-refractivity contribution in [3.63, 3.8) is 0 Å². The fraction of sp³-hybridized carbons (Fsp3) is 0. The SMILES string of the molecule is O=C(O)c1ccc2n[se]nc2c1. The van der Waals surface area contributed by atoms with Crippen LogP contribution >= 0.6 is 0 Å². The van der Waals surface area contributed by atoms with Gasteiger partial charge in [-0.2, -0.15) is 0 Å². The summed E-state index contributed by atoms with van der Waals surface area (Å²) in [6.45, 7) is 0. The van der Waals surface area contributed by atoms with Gasteiger partial charge in [-0.25, -0.2) is 0 Å². The summed E-state index contributed by atoms with van der Waals surface area (Å²) < 4.78 is 8.18. The molecule has 0 saturated heterocycles. The fourth-order valence-corrected chi connectivity index (χ4v) is 2.00. The van der Waals surface area contributed by atoms with E-state index in [1.165, 1.54) is 0 Å². The van der Waals surface area contributed by atoms with Crippen molar-refractivity contribution in [2.75, 3.05) is 0 Å². The summed E-state index contributed by atoms with van der Waals surface area (Å²) in [6.07, 6.45) is 0. The number of rotatable bonds is 1. The molecule has 0 fully saturated rings. The third kappa shape index (κ3) is 1.13. The molecule has 0 bridgehead atoms. The van der Waals surface area contributed by atoms with Gasteiger partial charge in [0.2, 0.25) is 0 Å². The van der Waals surface area contributed by atoms with Crippen molar-refractivity contribution in [3.05, 3.63) is 23.8 Å². The molecule has 12 heavy (non-hydrogen) atoms. The first-order valence-electron chi connectivity index (χ1n) is 3.23. The number of carbonyl (C=O) groups is 1. The fourth-order valence-electron chi connectivity index (χ4n) is 0.915. The van der Waals surface area contributed by atoms with E-state index in [0.29, 0.717) is 5.52 Å². The monoisotopic (exact) mass is 228 g/mol. The predicted molar refractivity (Wildman–Crippen MR) is 43.4 cm³/mol. The van der Waals surface area contributed by atoms with Crippen LogP contribution in [0.3, 0.4) is 0 Å². The zero-order valence-corrected chi connectivity index (χ0v) is 7.60. The van der Waals surface area contributed by atoms with Gasteiger partial charge in [-0.15, -0.1) is 0 Å². The molecule has 0 radical (unpaired) electrons.